The summed E-state index contributed by atoms with van der Waals surface area (Å²) >= 11 is 0. The highest BCUT2D eigenvalue weighted by Crippen LogP contribution is 2.22. The van der Waals surface area contributed by atoms with Crippen molar-refractivity contribution in [3.8, 4) is 0 Å². The van der Waals surface area contributed by atoms with Crippen LogP contribution >= 0.6 is 0 Å². The standard InChI is InChI=1S/C24H22N8/c1-4-10-22-16-29(25-13-19(22)7-1)28-32(30-17-23-11-5-2-8-20(23)14-26-30)31-18-24-12-6-3-9-21(24)15-27-31/h1-15,28H,16-18H2. The fourth-order valence-electron chi connectivity index (χ4n) is 4.01. The first-order chi connectivity index (χ1) is 15.8. The van der Waals surface area contributed by atoms with Crippen LogP contribution < -0.4 is 5.53 Å². The highest BCUT2D eigenvalue weighted by atomic mass is 16.2. The molecule has 6 rings (SSSR count). The Hall–Kier alpha value is -4.01. The molecule has 0 fully saturated rings. The van der Waals surface area contributed by atoms with Crippen molar-refractivity contribution in [3.05, 3.63) is 106 Å². The minimum absolute atomic E-state index is 0.613. The Balaban J connectivity index is 1.30. The normalized spacial score (nSPS) is 16.2. The van der Waals surface area contributed by atoms with E-state index in [1.165, 1.54) is 16.7 Å². The van der Waals surface area contributed by atoms with Crippen molar-refractivity contribution in [3.63, 3.8) is 0 Å². The summed E-state index contributed by atoms with van der Waals surface area (Å²) in [6, 6.07) is 24.8. The van der Waals surface area contributed by atoms with Crippen molar-refractivity contribution < 1.29 is 0 Å². The third-order valence-electron chi connectivity index (χ3n) is 5.75. The van der Waals surface area contributed by atoms with Gasteiger partial charge in [0.25, 0.3) is 0 Å². The minimum Gasteiger partial charge on any atom is -0.208 e. The molecule has 0 unspecified atom stereocenters. The van der Waals surface area contributed by atoms with Gasteiger partial charge >= 0.3 is 0 Å². The zero-order valence-corrected chi connectivity index (χ0v) is 17.4. The van der Waals surface area contributed by atoms with Crippen molar-refractivity contribution in [1.82, 2.24) is 26.1 Å². The maximum Gasteiger partial charge on any atom is 0.0826 e. The van der Waals surface area contributed by atoms with Crippen molar-refractivity contribution in [2.75, 3.05) is 0 Å². The van der Waals surface area contributed by atoms with Crippen LogP contribution in [-0.4, -0.2) is 39.2 Å². The molecule has 0 aliphatic carbocycles. The van der Waals surface area contributed by atoms with Crippen LogP contribution in [0.1, 0.15) is 33.4 Å². The molecule has 8 nitrogen and oxygen atoms in total. The van der Waals surface area contributed by atoms with Gasteiger partial charge in [0.05, 0.1) is 38.3 Å². The van der Waals surface area contributed by atoms with Crippen LogP contribution in [0.25, 0.3) is 0 Å². The summed E-state index contributed by atoms with van der Waals surface area (Å²) in [6.45, 7) is 1.86. The van der Waals surface area contributed by atoms with Gasteiger partial charge in [0.2, 0.25) is 0 Å². The second-order valence-corrected chi connectivity index (χ2v) is 7.84. The average molecular weight is 422 g/mol. The van der Waals surface area contributed by atoms with E-state index >= 15 is 0 Å². The molecule has 32 heavy (non-hydrogen) atoms. The lowest BCUT2D eigenvalue weighted by molar-refractivity contribution is -0.271. The van der Waals surface area contributed by atoms with Crippen LogP contribution in [0.15, 0.2) is 88.1 Å². The first kappa shape index (κ1) is 18.7. The zero-order valence-electron chi connectivity index (χ0n) is 17.4. The number of hydrogen-bond donors (Lipinski definition) is 1. The molecule has 3 aliphatic heterocycles. The second kappa shape index (κ2) is 7.92. The molecule has 8 heteroatoms. The average Bonchev–Trinajstić information content (AvgIpc) is 2.86. The third-order valence-corrected chi connectivity index (χ3v) is 5.75. The van der Waals surface area contributed by atoms with Gasteiger partial charge in [-0.05, 0) is 38.6 Å². The third kappa shape index (κ3) is 3.51. The second-order valence-electron chi connectivity index (χ2n) is 7.84. The van der Waals surface area contributed by atoms with E-state index in [-0.39, 0.29) is 0 Å². The van der Waals surface area contributed by atoms with Gasteiger partial charge in [-0.1, -0.05) is 72.8 Å². The number of rotatable bonds is 4. The molecule has 0 spiro atoms. The lowest BCUT2D eigenvalue weighted by Gasteiger charge is -2.42. The quantitative estimate of drug-likeness (QED) is 0.655. The number of fused-ring (bicyclic) bond motifs is 3. The van der Waals surface area contributed by atoms with Crippen molar-refractivity contribution >= 4 is 18.6 Å². The Morgan fingerprint density at radius 1 is 0.562 bits per heavy atom. The Morgan fingerprint density at radius 3 is 1.53 bits per heavy atom. The van der Waals surface area contributed by atoms with Crippen LogP contribution in [0.3, 0.4) is 0 Å². The van der Waals surface area contributed by atoms with E-state index < -0.39 is 0 Å². The summed E-state index contributed by atoms with van der Waals surface area (Å²) in [7, 11) is 0. The zero-order chi connectivity index (χ0) is 21.3. The van der Waals surface area contributed by atoms with Crippen LogP contribution in [0, 0.1) is 0 Å². The van der Waals surface area contributed by atoms with E-state index in [0.717, 1.165) is 16.7 Å². The molecule has 0 radical (unpaired) electrons. The molecule has 0 bridgehead atoms. The number of benzene rings is 3. The van der Waals surface area contributed by atoms with Crippen LogP contribution in [-0.2, 0) is 19.6 Å². The van der Waals surface area contributed by atoms with E-state index in [0.29, 0.717) is 19.6 Å². The Kier molecular flexibility index (Phi) is 4.63. The summed E-state index contributed by atoms with van der Waals surface area (Å²) in [4.78, 5) is 0. The number of nitrogens with one attached hydrogen (secondary N) is 1. The molecular formula is C24H22N8. The SMILES string of the molecule is C1=NN(NN(N2Cc3ccccc3C=N2)N2Cc3ccccc3C=N2)Cc2ccccc21. The molecule has 3 aliphatic rings. The first-order valence-corrected chi connectivity index (χ1v) is 10.6. The summed E-state index contributed by atoms with van der Waals surface area (Å²) in [6.07, 6.45) is 5.63. The number of hydrogen-bond acceptors (Lipinski definition) is 8. The van der Waals surface area contributed by atoms with E-state index in [1.54, 1.807) is 5.12 Å². The number of hydrazine groups is 4. The van der Waals surface area contributed by atoms with Gasteiger partial charge in [-0.15, -0.1) is 5.53 Å². The summed E-state index contributed by atoms with van der Waals surface area (Å²) in [5.41, 5.74) is 10.4. The molecular weight excluding hydrogens is 400 g/mol. The smallest absolute Gasteiger partial charge is 0.0826 e. The number of nitrogens with zero attached hydrogens (tertiary/aromatic N) is 7. The largest absolute Gasteiger partial charge is 0.208 e. The first-order valence-electron chi connectivity index (χ1n) is 10.6. The Labute approximate surface area is 186 Å². The molecule has 0 aromatic heterocycles. The van der Waals surface area contributed by atoms with Gasteiger partial charge in [-0.2, -0.15) is 25.5 Å². The van der Waals surface area contributed by atoms with Crippen molar-refractivity contribution in [1.29, 1.82) is 0 Å². The van der Waals surface area contributed by atoms with Crippen LogP contribution in [0.5, 0.6) is 0 Å². The highest BCUT2D eigenvalue weighted by Gasteiger charge is 2.28. The van der Waals surface area contributed by atoms with Crippen molar-refractivity contribution in [2.24, 2.45) is 15.3 Å². The maximum atomic E-state index is 4.69. The predicted molar refractivity (Wildman–Crippen MR) is 124 cm³/mol. The maximum absolute atomic E-state index is 4.69. The molecule has 158 valence electrons. The van der Waals surface area contributed by atoms with Gasteiger partial charge in [0.1, 0.15) is 0 Å². The van der Waals surface area contributed by atoms with E-state index in [1.807, 2.05) is 58.4 Å². The van der Waals surface area contributed by atoms with E-state index in [2.05, 4.69) is 69.4 Å². The van der Waals surface area contributed by atoms with Crippen LogP contribution in [0.2, 0.25) is 0 Å². The van der Waals surface area contributed by atoms with E-state index in [9.17, 15) is 0 Å². The van der Waals surface area contributed by atoms with Crippen molar-refractivity contribution in [2.45, 2.75) is 19.6 Å². The van der Waals surface area contributed by atoms with Gasteiger partial charge < -0.3 is 0 Å². The molecule has 0 saturated carbocycles. The molecule has 0 amide bonds. The molecule has 0 saturated heterocycles. The topological polar surface area (TPSA) is 62.1 Å². The monoisotopic (exact) mass is 422 g/mol. The molecule has 3 aromatic carbocycles. The lowest BCUT2D eigenvalue weighted by atomic mass is 10.1. The van der Waals surface area contributed by atoms with Gasteiger partial charge in [0.15, 0.2) is 0 Å². The Bertz CT molecular complexity index is 1170. The van der Waals surface area contributed by atoms with Gasteiger partial charge in [-0.25, -0.2) is 5.12 Å². The summed E-state index contributed by atoms with van der Waals surface area (Å²) in [5.74, 6) is 0. The van der Waals surface area contributed by atoms with E-state index in [4.69, 9.17) is 0 Å². The molecule has 3 heterocycles. The lowest BCUT2D eigenvalue weighted by Crippen LogP contribution is -2.61. The summed E-state index contributed by atoms with van der Waals surface area (Å²) < 4.78 is 0. The fraction of sp³-hybridized carbons (Fsp3) is 0.125. The van der Waals surface area contributed by atoms with Gasteiger partial charge in [-0.3, -0.25) is 0 Å². The van der Waals surface area contributed by atoms with Gasteiger partial charge in [0, 0.05) is 0 Å². The minimum atomic E-state index is 0.613. The Morgan fingerprint density at radius 2 is 1.00 bits per heavy atom. The molecule has 0 atom stereocenters. The highest BCUT2D eigenvalue weighted by molar-refractivity contribution is 5.83. The van der Waals surface area contributed by atoms with Crippen LogP contribution in [0.4, 0.5) is 0 Å². The summed E-state index contributed by atoms with van der Waals surface area (Å²) in [5, 5.41) is 21.3. The molecule has 1 N–H and O–H groups in total. The predicted octanol–water partition coefficient (Wildman–Crippen LogP) is 3.09. The number of hydrazone groups is 3. The fourth-order valence-corrected chi connectivity index (χ4v) is 4.01. The molecule has 3 aromatic rings.